The molecule has 2 N–H and O–H groups in total. The summed E-state index contributed by atoms with van der Waals surface area (Å²) in [6, 6.07) is 16.3. The number of aliphatic hydroxyl groups is 1. The van der Waals surface area contributed by atoms with Gasteiger partial charge in [0.1, 0.15) is 22.4 Å². The lowest BCUT2D eigenvalue weighted by Crippen LogP contribution is -2.28. The van der Waals surface area contributed by atoms with Crippen molar-refractivity contribution in [2.24, 2.45) is 0 Å². The Hall–Kier alpha value is -2.99. The van der Waals surface area contributed by atoms with Crippen LogP contribution in [-0.2, 0) is 6.42 Å². The number of amidine groups is 1. The van der Waals surface area contributed by atoms with Crippen molar-refractivity contribution in [2.45, 2.75) is 13.3 Å². The van der Waals surface area contributed by atoms with Gasteiger partial charge in [-0.1, -0.05) is 42.5 Å². The molecular weight excluding hydrogens is 373 g/mol. The SMILES string of the molecule is Cc1sc(C2=C(O)CN(CCc3ccc(F)cc3)C2=N)nc1-c1ccccc1. The molecule has 28 heavy (non-hydrogen) atoms. The minimum absolute atomic E-state index is 0.178. The molecule has 0 unspecified atom stereocenters. The Morgan fingerprint density at radius 2 is 1.86 bits per heavy atom. The summed E-state index contributed by atoms with van der Waals surface area (Å²) in [6.07, 6.45) is 0.676. The molecule has 1 aliphatic rings. The number of rotatable bonds is 5. The first kappa shape index (κ1) is 18.4. The van der Waals surface area contributed by atoms with Gasteiger partial charge < -0.3 is 10.0 Å². The molecule has 0 fully saturated rings. The van der Waals surface area contributed by atoms with Gasteiger partial charge in [0.25, 0.3) is 0 Å². The zero-order valence-corrected chi connectivity index (χ0v) is 16.3. The molecule has 2 aromatic carbocycles. The lowest BCUT2D eigenvalue weighted by molar-refractivity contribution is 0.351. The molecule has 0 saturated heterocycles. The maximum atomic E-state index is 13.0. The van der Waals surface area contributed by atoms with Crippen molar-refractivity contribution in [3.63, 3.8) is 0 Å². The van der Waals surface area contributed by atoms with E-state index in [0.29, 0.717) is 30.1 Å². The fourth-order valence-electron chi connectivity index (χ4n) is 3.33. The summed E-state index contributed by atoms with van der Waals surface area (Å²) in [5, 5.41) is 19.7. The second-order valence-corrected chi connectivity index (χ2v) is 7.96. The number of nitrogens with one attached hydrogen (secondary N) is 1. The second kappa shape index (κ2) is 7.56. The van der Waals surface area contributed by atoms with E-state index in [4.69, 9.17) is 10.4 Å². The number of hydrogen-bond donors (Lipinski definition) is 2. The van der Waals surface area contributed by atoms with Gasteiger partial charge in [-0.3, -0.25) is 5.41 Å². The molecule has 3 aromatic rings. The normalized spacial score (nSPS) is 14.2. The van der Waals surface area contributed by atoms with Crippen LogP contribution in [0.4, 0.5) is 4.39 Å². The van der Waals surface area contributed by atoms with Crippen molar-refractivity contribution in [3.8, 4) is 11.3 Å². The molecule has 4 nitrogen and oxygen atoms in total. The van der Waals surface area contributed by atoms with Crippen LogP contribution in [0.15, 0.2) is 60.4 Å². The molecule has 4 rings (SSSR count). The molecule has 0 aliphatic carbocycles. The van der Waals surface area contributed by atoms with Crippen LogP contribution in [0.25, 0.3) is 16.8 Å². The Balaban J connectivity index is 1.52. The third-order valence-electron chi connectivity index (χ3n) is 4.82. The van der Waals surface area contributed by atoms with Crippen LogP contribution >= 0.6 is 11.3 Å². The highest BCUT2D eigenvalue weighted by Crippen LogP contribution is 2.35. The van der Waals surface area contributed by atoms with E-state index in [1.165, 1.54) is 23.5 Å². The molecule has 0 radical (unpaired) electrons. The van der Waals surface area contributed by atoms with Crippen LogP contribution in [0.1, 0.15) is 15.4 Å². The molecule has 6 heteroatoms. The zero-order valence-electron chi connectivity index (χ0n) is 15.4. The van der Waals surface area contributed by atoms with E-state index < -0.39 is 0 Å². The summed E-state index contributed by atoms with van der Waals surface area (Å²) in [6.45, 7) is 2.88. The second-order valence-electron chi connectivity index (χ2n) is 6.76. The van der Waals surface area contributed by atoms with Gasteiger partial charge >= 0.3 is 0 Å². The maximum absolute atomic E-state index is 13.0. The quantitative estimate of drug-likeness (QED) is 0.637. The third-order valence-corrected chi connectivity index (χ3v) is 5.81. The lowest BCUT2D eigenvalue weighted by Gasteiger charge is -2.18. The number of aliphatic hydroxyl groups excluding tert-OH is 1. The number of aromatic nitrogens is 1. The molecule has 1 aliphatic heterocycles. The van der Waals surface area contributed by atoms with E-state index in [9.17, 15) is 9.50 Å². The number of hydrogen-bond acceptors (Lipinski definition) is 4. The lowest BCUT2D eigenvalue weighted by atomic mass is 10.1. The van der Waals surface area contributed by atoms with E-state index in [0.717, 1.165) is 21.7 Å². The number of aryl methyl sites for hydroxylation is 1. The Kier molecular flexibility index (Phi) is 4.96. The van der Waals surface area contributed by atoms with Gasteiger partial charge in [0.05, 0.1) is 17.8 Å². The van der Waals surface area contributed by atoms with Crippen molar-refractivity contribution >= 4 is 22.7 Å². The predicted octanol–water partition coefficient (Wildman–Crippen LogP) is 5.06. The van der Waals surface area contributed by atoms with Gasteiger partial charge in [0, 0.05) is 17.0 Å². The first-order valence-electron chi connectivity index (χ1n) is 9.06. The van der Waals surface area contributed by atoms with Crippen LogP contribution in [0.5, 0.6) is 0 Å². The summed E-state index contributed by atoms with van der Waals surface area (Å²) >= 11 is 1.49. The van der Waals surface area contributed by atoms with Gasteiger partial charge in [0.2, 0.25) is 0 Å². The molecule has 1 aromatic heterocycles. The average molecular weight is 393 g/mol. The topological polar surface area (TPSA) is 60.2 Å². The average Bonchev–Trinajstić information content (AvgIpc) is 3.21. The molecule has 0 bridgehead atoms. The maximum Gasteiger partial charge on any atom is 0.135 e. The summed E-state index contributed by atoms with van der Waals surface area (Å²) in [5.41, 5.74) is 3.42. The number of nitrogens with zero attached hydrogens (tertiary/aromatic N) is 2. The van der Waals surface area contributed by atoms with Crippen LogP contribution < -0.4 is 0 Å². The van der Waals surface area contributed by atoms with Gasteiger partial charge in [-0.15, -0.1) is 11.3 Å². The fraction of sp³-hybridized carbons (Fsp3) is 0.182. The molecule has 2 heterocycles. The fourth-order valence-corrected chi connectivity index (χ4v) is 4.34. The number of benzene rings is 2. The standard InChI is InChI=1S/C22H20FN3OS/c1-14-20(16-5-3-2-4-6-16)25-22(28-14)19-18(27)13-26(21(19)24)12-11-15-7-9-17(23)10-8-15/h2-10,24,27H,11-13H2,1H3. The minimum atomic E-state index is -0.257. The van der Waals surface area contributed by atoms with Crippen molar-refractivity contribution in [3.05, 3.63) is 81.6 Å². The largest absolute Gasteiger partial charge is 0.510 e. The molecule has 0 atom stereocenters. The smallest absolute Gasteiger partial charge is 0.135 e. The van der Waals surface area contributed by atoms with E-state index in [1.54, 1.807) is 12.1 Å². The summed E-state index contributed by atoms with van der Waals surface area (Å²) in [4.78, 5) is 7.60. The molecule has 142 valence electrons. The van der Waals surface area contributed by atoms with Gasteiger partial charge in [0.15, 0.2) is 0 Å². The summed E-state index contributed by atoms with van der Waals surface area (Å²) < 4.78 is 13.0. The van der Waals surface area contributed by atoms with E-state index in [1.807, 2.05) is 42.2 Å². The number of halogens is 1. The van der Waals surface area contributed by atoms with Crippen LogP contribution in [-0.4, -0.2) is 33.9 Å². The monoisotopic (exact) mass is 393 g/mol. The van der Waals surface area contributed by atoms with Crippen molar-refractivity contribution in [2.75, 3.05) is 13.1 Å². The van der Waals surface area contributed by atoms with Crippen LogP contribution in [0.2, 0.25) is 0 Å². The first-order valence-corrected chi connectivity index (χ1v) is 9.88. The predicted molar refractivity (Wildman–Crippen MR) is 111 cm³/mol. The molecule has 0 spiro atoms. The highest BCUT2D eigenvalue weighted by Gasteiger charge is 2.30. The van der Waals surface area contributed by atoms with Crippen molar-refractivity contribution in [1.29, 1.82) is 5.41 Å². The molecular formula is C22H20FN3OS. The van der Waals surface area contributed by atoms with Crippen LogP contribution in [0, 0.1) is 18.2 Å². The van der Waals surface area contributed by atoms with Crippen molar-refractivity contribution < 1.29 is 9.50 Å². The van der Waals surface area contributed by atoms with Gasteiger partial charge in [-0.2, -0.15) is 0 Å². The zero-order chi connectivity index (χ0) is 19.7. The Labute approximate surface area is 167 Å². The summed E-state index contributed by atoms with van der Waals surface area (Å²) in [5.74, 6) is 0.207. The van der Waals surface area contributed by atoms with Crippen LogP contribution in [0.3, 0.4) is 0 Å². The Morgan fingerprint density at radius 3 is 2.57 bits per heavy atom. The van der Waals surface area contributed by atoms with E-state index >= 15 is 0 Å². The molecule has 0 amide bonds. The van der Waals surface area contributed by atoms with Gasteiger partial charge in [-0.05, 0) is 31.0 Å². The highest BCUT2D eigenvalue weighted by molar-refractivity contribution is 7.13. The number of thiazole rings is 1. The molecule has 0 saturated carbocycles. The highest BCUT2D eigenvalue weighted by atomic mass is 32.1. The Morgan fingerprint density at radius 1 is 1.14 bits per heavy atom. The third kappa shape index (κ3) is 3.55. The first-order chi connectivity index (χ1) is 13.5. The van der Waals surface area contributed by atoms with Gasteiger partial charge in [-0.25, -0.2) is 9.37 Å². The van der Waals surface area contributed by atoms with Crippen molar-refractivity contribution in [1.82, 2.24) is 9.88 Å². The summed E-state index contributed by atoms with van der Waals surface area (Å²) in [7, 11) is 0. The minimum Gasteiger partial charge on any atom is -0.510 e. The van der Waals surface area contributed by atoms with E-state index in [-0.39, 0.29) is 17.4 Å². The Bertz CT molecular complexity index is 1040. The van der Waals surface area contributed by atoms with E-state index in [2.05, 4.69) is 0 Å².